The van der Waals surface area contributed by atoms with Gasteiger partial charge in [0.2, 0.25) is 0 Å². The van der Waals surface area contributed by atoms with E-state index in [1.54, 1.807) is 12.1 Å². The van der Waals surface area contributed by atoms with Gasteiger partial charge < -0.3 is 9.84 Å². The van der Waals surface area contributed by atoms with Crippen molar-refractivity contribution < 1.29 is 9.84 Å². The van der Waals surface area contributed by atoms with Crippen LogP contribution in [0.25, 0.3) is 0 Å². The zero-order valence-corrected chi connectivity index (χ0v) is 15.5. The number of hydrogen-bond acceptors (Lipinski definition) is 2. The molecule has 1 atom stereocenters. The molecule has 0 aliphatic carbocycles. The van der Waals surface area contributed by atoms with E-state index in [-0.39, 0.29) is 5.41 Å². The molecule has 1 N–H and O–H groups in total. The van der Waals surface area contributed by atoms with Crippen molar-refractivity contribution in [2.24, 2.45) is 11.8 Å². The SMILES string of the molecule is CC(C)COc1ccc(C(C)(CC(C)C)c2ccc(O)cc2)cc1. The zero-order valence-electron chi connectivity index (χ0n) is 15.5. The molecule has 0 saturated heterocycles. The molecule has 2 heteroatoms. The molecule has 2 aromatic rings. The van der Waals surface area contributed by atoms with Gasteiger partial charge in [-0.05, 0) is 53.6 Å². The Morgan fingerprint density at radius 3 is 1.79 bits per heavy atom. The van der Waals surface area contributed by atoms with Gasteiger partial charge in [-0.1, -0.05) is 58.9 Å². The summed E-state index contributed by atoms with van der Waals surface area (Å²) < 4.78 is 5.80. The number of aromatic hydroxyl groups is 1. The van der Waals surface area contributed by atoms with E-state index in [1.165, 1.54) is 11.1 Å². The Kier molecular flexibility index (Phi) is 5.93. The molecule has 0 fully saturated rings. The van der Waals surface area contributed by atoms with Crippen molar-refractivity contribution in [1.29, 1.82) is 0 Å². The molecule has 1 unspecified atom stereocenters. The fraction of sp³-hybridized carbons (Fsp3) is 0.455. The first-order chi connectivity index (χ1) is 11.3. The summed E-state index contributed by atoms with van der Waals surface area (Å²) in [7, 11) is 0. The van der Waals surface area contributed by atoms with Crippen LogP contribution in [-0.2, 0) is 5.41 Å². The van der Waals surface area contributed by atoms with Crippen molar-refractivity contribution in [3.8, 4) is 11.5 Å². The van der Waals surface area contributed by atoms with Crippen molar-refractivity contribution >= 4 is 0 Å². The Hall–Kier alpha value is -1.96. The molecular weight excluding hydrogens is 296 g/mol. The van der Waals surface area contributed by atoms with Crippen molar-refractivity contribution in [3.05, 3.63) is 59.7 Å². The van der Waals surface area contributed by atoms with Gasteiger partial charge in [0, 0.05) is 5.41 Å². The molecule has 24 heavy (non-hydrogen) atoms. The fourth-order valence-corrected chi connectivity index (χ4v) is 3.23. The second-order valence-corrected chi connectivity index (χ2v) is 7.71. The molecule has 2 rings (SSSR count). The van der Waals surface area contributed by atoms with Gasteiger partial charge in [-0.2, -0.15) is 0 Å². The summed E-state index contributed by atoms with van der Waals surface area (Å²) in [5, 5.41) is 9.60. The number of rotatable bonds is 7. The highest BCUT2D eigenvalue weighted by atomic mass is 16.5. The van der Waals surface area contributed by atoms with Gasteiger partial charge in [-0.15, -0.1) is 0 Å². The van der Waals surface area contributed by atoms with Crippen LogP contribution in [0.15, 0.2) is 48.5 Å². The Labute approximate surface area is 146 Å². The highest BCUT2D eigenvalue weighted by molar-refractivity contribution is 5.42. The Morgan fingerprint density at radius 2 is 1.33 bits per heavy atom. The van der Waals surface area contributed by atoms with Crippen molar-refractivity contribution in [1.82, 2.24) is 0 Å². The minimum absolute atomic E-state index is 0.0849. The monoisotopic (exact) mass is 326 g/mol. The van der Waals surface area contributed by atoms with Gasteiger partial charge in [0.05, 0.1) is 6.61 Å². The molecule has 2 nitrogen and oxygen atoms in total. The molecule has 0 aromatic heterocycles. The molecule has 0 aliphatic rings. The summed E-state index contributed by atoms with van der Waals surface area (Å²) in [6.45, 7) is 11.8. The summed E-state index contributed by atoms with van der Waals surface area (Å²) in [5.41, 5.74) is 2.42. The predicted octanol–water partition coefficient (Wildman–Crippen LogP) is 5.78. The fourth-order valence-electron chi connectivity index (χ4n) is 3.23. The van der Waals surface area contributed by atoms with Gasteiger partial charge in [0.1, 0.15) is 11.5 Å². The molecule has 0 aliphatic heterocycles. The molecule has 0 bridgehead atoms. The number of hydrogen-bond donors (Lipinski definition) is 1. The molecule has 0 amide bonds. The average molecular weight is 326 g/mol. The summed E-state index contributed by atoms with van der Waals surface area (Å²) in [6.07, 6.45) is 1.05. The van der Waals surface area contributed by atoms with E-state index in [0.29, 0.717) is 17.6 Å². The third-order valence-electron chi connectivity index (χ3n) is 4.40. The van der Waals surface area contributed by atoms with Crippen LogP contribution >= 0.6 is 0 Å². The third kappa shape index (κ3) is 4.53. The van der Waals surface area contributed by atoms with Crippen LogP contribution in [0.5, 0.6) is 11.5 Å². The zero-order chi connectivity index (χ0) is 17.7. The number of benzene rings is 2. The molecule has 2 aromatic carbocycles. The van der Waals surface area contributed by atoms with Gasteiger partial charge >= 0.3 is 0 Å². The Balaban J connectivity index is 2.32. The maximum atomic E-state index is 9.60. The van der Waals surface area contributed by atoms with E-state index in [2.05, 4.69) is 58.9 Å². The molecule has 0 saturated carbocycles. The van der Waals surface area contributed by atoms with Gasteiger partial charge in [-0.25, -0.2) is 0 Å². The largest absolute Gasteiger partial charge is 0.508 e. The van der Waals surface area contributed by atoms with Crippen LogP contribution in [0, 0.1) is 11.8 Å². The smallest absolute Gasteiger partial charge is 0.119 e. The second-order valence-electron chi connectivity index (χ2n) is 7.71. The van der Waals surface area contributed by atoms with Gasteiger partial charge in [-0.3, -0.25) is 0 Å². The van der Waals surface area contributed by atoms with E-state index in [1.807, 2.05) is 12.1 Å². The summed E-state index contributed by atoms with van der Waals surface area (Å²) in [4.78, 5) is 0. The first-order valence-corrected chi connectivity index (χ1v) is 8.84. The van der Waals surface area contributed by atoms with E-state index in [4.69, 9.17) is 4.74 Å². The van der Waals surface area contributed by atoms with Crippen LogP contribution in [0.3, 0.4) is 0 Å². The predicted molar refractivity (Wildman–Crippen MR) is 101 cm³/mol. The van der Waals surface area contributed by atoms with Crippen LogP contribution in [0.4, 0.5) is 0 Å². The maximum absolute atomic E-state index is 9.60. The lowest BCUT2D eigenvalue weighted by Crippen LogP contribution is -2.25. The van der Waals surface area contributed by atoms with Crippen molar-refractivity contribution in [2.75, 3.05) is 6.61 Å². The minimum Gasteiger partial charge on any atom is -0.508 e. The highest BCUT2D eigenvalue weighted by Crippen LogP contribution is 2.39. The molecule has 0 spiro atoms. The topological polar surface area (TPSA) is 29.5 Å². The molecule has 130 valence electrons. The van der Waals surface area contributed by atoms with E-state index in [0.717, 1.165) is 18.8 Å². The van der Waals surface area contributed by atoms with Crippen LogP contribution in [0.2, 0.25) is 0 Å². The second kappa shape index (κ2) is 7.74. The van der Waals surface area contributed by atoms with E-state index in [9.17, 15) is 5.11 Å². The van der Waals surface area contributed by atoms with Crippen LogP contribution in [-0.4, -0.2) is 11.7 Å². The van der Waals surface area contributed by atoms with Crippen molar-refractivity contribution in [3.63, 3.8) is 0 Å². The normalized spacial score (nSPS) is 14.0. The average Bonchev–Trinajstić information content (AvgIpc) is 2.53. The first-order valence-electron chi connectivity index (χ1n) is 8.84. The standard InChI is InChI=1S/C22H30O2/c1-16(2)14-22(5,18-6-10-20(23)11-7-18)19-8-12-21(13-9-19)24-15-17(3)4/h6-13,16-17,23H,14-15H2,1-5H3. The van der Waals surface area contributed by atoms with Crippen LogP contribution < -0.4 is 4.74 Å². The highest BCUT2D eigenvalue weighted by Gasteiger charge is 2.29. The van der Waals surface area contributed by atoms with E-state index >= 15 is 0 Å². The van der Waals surface area contributed by atoms with Gasteiger partial charge in [0.25, 0.3) is 0 Å². The van der Waals surface area contributed by atoms with Crippen molar-refractivity contribution in [2.45, 2.75) is 46.5 Å². The summed E-state index contributed by atoms with van der Waals surface area (Å²) in [6, 6.07) is 16.1. The minimum atomic E-state index is -0.0849. The number of phenols is 1. The lowest BCUT2D eigenvalue weighted by molar-refractivity contribution is 0.271. The Morgan fingerprint density at radius 1 is 0.833 bits per heavy atom. The lowest BCUT2D eigenvalue weighted by atomic mass is 9.71. The number of ether oxygens (including phenoxy) is 1. The third-order valence-corrected chi connectivity index (χ3v) is 4.40. The Bertz CT molecular complexity index is 626. The summed E-state index contributed by atoms with van der Waals surface area (Å²) in [5.74, 6) is 2.32. The lowest BCUT2D eigenvalue weighted by Gasteiger charge is -2.33. The first kappa shape index (κ1) is 18.4. The molecular formula is C22H30O2. The quantitative estimate of drug-likeness (QED) is 0.699. The van der Waals surface area contributed by atoms with Gasteiger partial charge in [0.15, 0.2) is 0 Å². The maximum Gasteiger partial charge on any atom is 0.119 e. The summed E-state index contributed by atoms with van der Waals surface area (Å²) >= 11 is 0. The van der Waals surface area contributed by atoms with Crippen LogP contribution in [0.1, 0.15) is 52.2 Å². The molecule has 0 radical (unpaired) electrons. The molecule has 0 heterocycles. The van der Waals surface area contributed by atoms with E-state index < -0.39 is 0 Å². The number of phenolic OH excluding ortho intramolecular Hbond substituents is 1.